The SMILES string of the molecule is CC(C)C(C(=O)N1[C@H](C)CCC[C@@H]1C)C(N)=NO. The summed E-state index contributed by atoms with van der Waals surface area (Å²) in [5.41, 5.74) is 5.67. The molecular weight excluding hydrogens is 230 g/mol. The van der Waals surface area contributed by atoms with Crippen LogP contribution in [0.25, 0.3) is 0 Å². The summed E-state index contributed by atoms with van der Waals surface area (Å²) in [7, 11) is 0. The Labute approximate surface area is 109 Å². The van der Waals surface area contributed by atoms with E-state index in [-0.39, 0.29) is 29.7 Å². The lowest BCUT2D eigenvalue weighted by Crippen LogP contribution is -2.53. The molecule has 5 nitrogen and oxygen atoms in total. The van der Waals surface area contributed by atoms with E-state index in [4.69, 9.17) is 10.9 Å². The Bertz CT molecular complexity index is 318. The monoisotopic (exact) mass is 255 g/mol. The summed E-state index contributed by atoms with van der Waals surface area (Å²) < 4.78 is 0. The zero-order chi connectivity index (χ0) is 13.9. The third-order valence-corrected chi connectivity index (χ3v) is 3.81. The highest BCUT2D eigenvalue weighted by molar-refractivity contribution is 6.02. The Kier molecular flexibility index (Phi) is 4.99. The molecular formula is C13H25N3O2. The number of nitrogens with zero attached hydrogens (tertiary/aromatic N) is 2. The number of oxime groups is 1. The molecule has 1 aliphatic heterocycles. The van der Waals surface area contributed by atoms with Crippen LogP contribution in [0.5, 0.6) is 0 Å². The van der Waals surface area contributed by atoms with Crippen molar-refractivity contribution in [2.75, 3.05) is 0 Å². The first-order valence-electron chi connectivity index (χ1n) is 6.69. The minimum Gasteiger partial charge on any atom is -0.409 e. The Morgan fingerprint density at radius 1 is 1.33 bits per heavy atom. The van der Waals surface area contributed by atoms with Crippen LogP contribution < -0.4 is 5.73 Å². The van der Waals surface area contributed by atoms with Gasteiger partial charge in [0.2, 0.25) is 5.91 Å². The van der Waals surface area contributed by atoms with Crippen LogP contribution in [0.1, 0.15) is 47.0 Å². The van der Waals surface area contributed by atoms with Crippen molar-refractivity contribution in [2.24, 2.45) is 22.7 Å². The van der Waals surface area contributed by atoms with Gasteiger partial charge >= 0.3 is 0 Å². The molecule has 18 heavy (non-hydrogen) atoms. The second-order valence-corrected chi connectivity index (χ2v) is 5.62. The summed E-state index contributed by atoms with van der Waals surface area (Å²) in [5.74, 6) is -0.507. The molecule has 0 radical (unpaired) electrons. The molecule has 104 valence electrons. The third-order valence-electron chi connectivity index (χ3n) is 3.81. The minimum atomic E-state index is -0.530. The van der Waals surface area contributed by atoms with E-state index in [0.29, 0.717) is 0 Å². The molecule has 1 saturated heterocycles. The fourth-order valence-electron chi connectivity index (χ4n) is 2.83. The molecule has 1 aliphatic rings. The maximum absolute atomic E-state index is 12.6. The number of amidine groups is 1. The third kappa shape index (κ3) is 2.94. The summed E-state index contributed by atoms with van der Waals surface area (Å²) in [4.78, 5) is 14.5. The van der Waals surface area contributed by atoms with Crippen molar-refractivity contribution in [1.29, 1.82) is 0 Å². The number of hydrogen-bond acceptors (Lipinski definition) is 3. The van der Waals surface area contributed by atoms with Gasteiger partial charge in [-0.1, -0.05) is 19.0 Å². The zero-order valence-electron chi connectivity index (χ0n) is 11.8. The topological polar surface area (TPSA) is 78.9 Å². The Morgan fingerprint density at radius 2 is 1.83 bits per heavy atom. The summed E-state index contributed by atoms with van der Waals surface area (Å²) in [6.07, 6.45) is 3.20. The molecule has 0 aromatic rings. The summed E-state index contributed by atoms with van der Waals surface area (Å²) in [5, 5.41) is 11.8. The zero-order valence-corrected chi connectivity index (χ0v) is 11.8. The average Bonchev–Trinajstić information content (AvgIpc) is 2.28. The lowest BCUT2D eigenvalue weighted by atomic mass is 9.89. The van der Waals surface area contributed by atoms with Crippen molar-refractivity contribution in [2.45, 2.75) is 59.0 Å². The largest absolute Gasteiger partial charge is 0.409 e. The summed E-state index contributed by atoms with van der Waals surface area (Å²) >= 11 is 0. The van der Waals surface area contributed by atoms with Gasteiger partial charge in [0.25, 0.3) is 0 Å². The lowest BCUT2D eigenvalue weighted by molar-refractivity contribution is -0.140. The van der Waals surface area contributed by atoms with E-state index in [2.05, 4.69) is 19.0 Å². The number of carbonyl (C=O) groups excluding carboxylic acids is 1. The smallest absolute Gasteiger partial charge is 0.234 e. The van der Waals surface area contributed by atoms with Gasteiger partial charge < -0.3 is 15.8 Å². The molecule has 1 unspecified atom stereocenters. The number of piperidine rings is 1. The minimum absolute atomic E-state index is 0.0139. The van der Waals surface area contributed by atoms with E-state index in [0.717, 1.165) is 19.3 Å². The fraction of sp³-hybridized carbons (Fsp3) is 0.846. The number of rotatable bonds is 3. The Balaban J connectivity index is 2.94. The first kappa shape index (κ1) is 14.8. The van der Waals surface area contributed by atoms with Crippen molar-refractivity contribution in [3.05, 3.63) is 0 Å². The number of likely N-dealkylation sites (tertiary alicyclic amines) is 1. The normalized spacial score (nSPS) is 27.4. The Hall–Kier alpha value is -1.26. The first-order chi connectivity index (χ1) is 8.40. The predicted molar refractivity (Wildman–Crippen MR) is 71.4 cm³/mol. The molecule has 1 rings (SSSR count). The maximum atomic E-state index is 12.6. The predicted octanol–water partition coefficient (Wildman–Crippen LogP) is 1.79. The molecule has 1 fully saturated rings. The van der Waals surface area contributed by atoms with Crippen molar-refractivity contribution in [1.82, 2.24) is 4.90 Å². The van der Waals surface area contributed by atoms with E-state index in [1.807, 2.05) is 18.7 Å². The Morgan fingerprint density at radius 3 is 2.22 bits per heavy atom. The van der Waals surface area contributed by atoms with E-state index in [1.54, 1.807) is 0 Å². The van der Waals surface area contributed by atoms with Gasteiger partial charge in [-0.2, -0.15) is 0 Å². The average molecular weight is 255 g/mol. The van der Waals surface area contributed by atoms with Gasteiger partial charge in [-0.15, -0.1) is 0 Å². The quantitative estimate of drug-likeness (QED) is 0.349. The van der Waals surface area contributed by atoms with Gasteiger partial charge in [0.15, 0.2) is 5.84 Å². The fourth-order valence-corrected chi connectivity index (χ4v) is 2.83. The molecule has 0 bridgehead atoms. The summed E-state index contributed by atoms with van der Waals surface area (Å²) in [6.45, 7) is 7.97. The van der Waals surface area contributed by atoms with Gasteiger partial charge in [0.05, 0.1) is 0 Å². The van der Waals surface area contributed by atoms with Crippen LogP contribution in [0, 0.1) is 11.8 Å². The van der Waals surface area contributed by atoms with E-state index >= 15 is 0 Å². The number of amides is 1. The van der Waals surface area contributed by atoms with Gasteiger partial charge in [0, 0.05) is 12.1 Å². The molecule has 3 N–H and O–H groups in total. The summed E-state index contributed by atoms with van der Waals surface area (Å²) in [6, 6.07) is 0.461. The van der Waals surface area contributed by atoms with Crippen LogP contribution in [0.3, 0.4) is 0 Å². The second-order valence-electron chi connectivity index (χ2n) is 5.62. The van der Waals surface area contributed by atoms with Crippen LogP contribution >= 0.6 is 0 Å². The standard InChI is InChI=1S/C13H25N3O2/c1-8(2)11(12(14)15-18)13(17)16-9(3)6-5-7-10(16)4/h8-11,18H,5-7H2,1-4H3,(H2,14,15)/t9-,10+,11?. The highest BCUT2D eigenvalue weighted by Crippen LogP contribution is 2.26. The van der Waals surface area contributed by atoms with Crippen LogP contribution in [0.15, 0.2) is 5.16 Å². The molecule has 1 amide bonds. The second kappa shape index (κ2) is 6.07. The van der Waals surface area contributed by atoms with Crippen molar-refractivity contribution >= 4 is 11.7 Å². The maximum Gasteiger partial charge on any atom is 0.234 e. The van der Waals surface area contributed by atoms with Gasteiger partial charge in [-0.3, -0.25) is 4.79 Å². The number of carbonyl (C=O) groups is 1. The highest BCUT2D eigenvalue weighted by atomic mass is 16.4. The molecule has 0 aromatic heterocycles. The molecule has 5 heteroatoms. The van der Waals surface area contributed by atoms with Crippen LogP contribution in [-0.2, 0) is 4.79 Å². The number of hydrogen-bond donors (Lipinski definition) is 2. The van der Waals surface area contributed by atoms with E-state index < -0.39 is 5.92 Å². The first-order valence-corrected chi connectivity index (χ1v) is 6.69. The van der Waals surface area contributed by atoms with Crippen molar-refractivity contribution in [3.8, 4) is 0 Å². The van der Waals surface area contributed by atoms with Crippen LogP contribution in [0.2, 0.25) is 0 Å². The van der Waals surface area contributed by atoms with Crippen molar-refractivity contribution in [3.63, 3.8) is 0 Å². The lowest BCUT2D eigenvalue weighted by Gasteiger charge is -2.41. The van der Waals surface area contributed by atoms with Crippen LogP contribution in [0.4, 0.5) is 0 Å². The van der Waals surface area contributed by atoms with Gasteiger partial charge in [-0.05, 0) is 39.0 Å². The highest BCUT2D eigenvalue weighted by Gasteiger charge is 2.36. The van der Waals surface area contributed by atoms with E-state index in [9.17, 15) is 4.79 Å². The van der Waals surface area contributed by atoms with E-state index in [1.165, 1.54) is 0 Å². The number of nitrogens with two attached hydrogens (primary N) is 1. The molecule has 0 aromatic carbocycles. The van der Waals surface area contributed by atoms with Gasteiger partial charge in [0.1, 0.15) is 5.92 Å². The van der Waals surface area contributed by atoms with Crippen LogP contribution in [-0.4, -0.2) is 33.9 Å². The molecule has 1 heterocycles. The van der Waals surface area contributed by atoms with Gasteiger partial charge in [-0.25, -0.2) is 0 Å². The van der Waals surface area contributed by atoms with Crippen molar-refractivity contribution < 1.29 is 10.0 Å². The molecule has 0 saturated carbocycles. The molecule has 3 atom stereocenters. The molecule has 0 aliphatic carbocycles. The molecule has 0 spiro atoms.